The van der Waals surface area contributed by atoms with Crippen LogP contribution in [0.15, 0.2) is 18.2 Å². The van der Waals surface area contributed by atoms with Crippen LogP contribution in [-0.4, -0.2) is 91.7 Å². The van der Waals surface area contributed by atoms with E-state index in [1.54, 1.807) is 0 Å². The number of nitrogens with zero attached hydrogens (tertiary/aromatic N) is 4. The lowest BCUT2D eigenvalue weighted by Crippen LogP contribution is -2.41. The van der Waals surface area contributed by atoms with Gasteiger partial charge in [0.05, 0.1) is 18.7 Å². The molecule has 0 unspecified atom stereocenters. The zero-order chi connectivity index (χ0) is 24.4. The highest BCUT2D eigenvalue weighted by atomic mass is 28.3. The molecule has 2 aromatic rings. The molecular weight excluding hydrogens is 460 g/mol. The van der Waals surface area contributed by atoms with Crippen LogP contribution in [0, 0.1) is 0 Å². The fourth-order valence-corrected chi connectivity index (χ4v) is 6.05. The Hall–Kier alpha value is -1.94. The molecule has 6 rings (SSSR count). The van der Waals surface area contributed by atoms with Crippen molar-refractivity contribution in [2.24, 2.45) is 0 Å². The Morgan fingerprint density at radius 2 is 1.86 bits per heavy atom. The van der Waals surface area contributed by atoms with Crippen molar-refractivity contribution >= 4 is 24.9 Å². The zero-order valence-corrected chi connectivity index (χ0v) is 22.5. The summed E-state index contributed by atoms with van der Waals surface area (Å²) in [5.74, 6) is 0.857. The van der Waals surface area contributed by atoms with E-state index in [4.69, 9.17) is 19.3 Å². The summed E-state index contributed by atoms with van der Waals surface area (Å²) in [6, 6.07) is 7.41. The maximum atomic E-state index is 13.8. The van der Waals surface area contributed by atoms with Gasteiger partial charge in [-0.1, -0.05) is 19.6 Å². The summed E-state index contributed by atoms with van der Waals surface area (Å²) in [4.78, 5) is 18.3. The van der Waals surface area contributed by atoms with Crippen molar-refractivity contribution in [1.82, 2.24) is 19.6 Å². The van der Waals surface area contributed by atoms with Gasteiger partial charge in [0, 0.05) is 71.2 Å². The third-order valence-corrected chi connectivity index (χ3v) is 9.23. The molecule has 4 aliphatic rings. The van der Waals surface area contributed by atoms with Crippen LogP contribution < -0.4 is 4.74 Å². The van der Waals surface area contributed by atoms with Gasteiger partial charge in [0.25, 0.3) is 5.91 Å². The van der Waals surface area contributed by atoms with Crippen molar-refractivity contribution in [3.8, 4) is 5.75 Å². The van der Waals surface area contributed by atoms with E-state index in [1.165, 1.54) is 0 Å². The number of ether oxygens (including phenoxy) is 3. The first-order valence-electron chi connectivity index (χ1n) is 13.2. The van der Waals surface area contributed by atoms with Crippen LogP contribution in [0.1, 0.15) is 36.2 Å². The van der Waals surface area contributed by atoms with Gasteiger partial charge in [0.15, 0.2) is 5.69 Å². The summed E-state index contributed by atoms with van der Waals surface area (Å²) < 4.78 is 19.6. The summed E-state index contributed by atoms with van der Waals surface area (Å²) in [7, 11) is -1.18. The second-order valence-electron chi connectivity index (χ2n) is 11.4. The minimum atomic E-state index is -1.18. The molecule has 1 aromatic carbocycles. The number of piperidine rings is 1. The molecule has 0 N–H and O–H groups in total. The quantitative estimate of drug-likeness (QED) is 0.405. The van der Waals surface area contributed by atoms with Crippen molar-refractivity contribution in [3.63, 3.8) is 0 Å². The number of rotatable bonds is 8. The molecule has 2 bridgehead atoms. The molecule has 8 nitrogen and oxygen atoms in total. The van der Waals surface area contributed by atoms with Crippen molar-refractivity contribution in [1.29, 1.82) is 0 Å². The van der Waals surface area contributed by atoms with Gasteiger partial charge in [-0.05, 0) is 31.0 Å². The molecule has 9 heteroatoms. The largest absolute Gasteiger partial charge is 0.490 e. The van der Waals surface area contributed by atoms with Crippen LogP contribution >= 0.6 is 0 Å². The highest BCUT2D eigenvalue weighted by molar-refractivity contribution is 6.76. The number of hydrogen-bond donors (Lipinski definition) is 0. The maximum Gasteiger partial charge on any atom is 0.275 e. The Morgan fingerprint density at radius 1 is 1.09 bits per heavy atom. The summed E-state index contributed by atoms with van der Waals surface area (Å²) in [6.45, 7) is 13.5. The fourth-order valence-electron chi connectivity index (χ4n) is 5.29. The number of aromatic nitrogens is 2. The van der Waals surface area contributed by atoms with E-state index in [-0.39, 0.29) is 12.0 Å². The number of hydrogen-bond acceptors (Lipinski definition) is 6. The second-order valence-corrected chi connectivity index (χ2v) is 17.0. The number of carbonyl (C=O) groups excluding carboxylic acids is 1. The monoisotopic (exact) mass is 500 g/mol. The molecule has 4 aliphatic heterocycles. The molecule has 192 valence electrons. The van der Waals surface area contributed by atoms with E-state index < -0.39 is 8.07 Å². The number of fused-ring (bicyclic) bond motifs is 5. The minimum absolute atomic E-state index is 0.0442. The predicted octanol–water partition coefficient (Wildman–Crippen LogP) is 3.83. The maximum absolute atomic E-state index is 13.8. The van der Waals surface area contributed by atoms with Crippen molar-refractivity contribution in [3.05, 3.63) is 23.9 Å². The second kappa shape index (κ2) is 10.6. The smallest absolute Gasteiger partial charge is 0.275 e. The molecule has 1 aromatic heterocycles. The molecule has 0 radical (unpaired) electrons. The first-order valence-corrected chi connectivity index (χ1v) is 16.9. The van der Waals surface area contributed by atoms with Crippen LogP contribution in [-0.2, 0) is 16.2 Å². The lowest BCUT2D eigenvalue weighted by molar-refractivity contribution is 0.0256. The van der Waals surface area contributed by atoms with E-state index in [9.17, 15) is 4.79 Å². The van der Waals surface area contributed by atoms with Gasteiger partial charge in [-0.2, -0.15) is 5.10 Å². The Morgan fingerprint density at radius 3 is 2.60 bits per heavy atom. The lowest BCUT2D eigenvalue weighted by Gasteiger charge is -2.31. The van der Waals surface area contributed by atoms with Gasteiger partial charge in [-0.25, -0.2) is 4.68 Å². The molecule has 0 spiro atoms. The zero-order valence-electron chi connectivity index (χ0n) is 21.5. The van der Waals surface area contributed by atoms with E-state index in [0.717, 1.165) is 87.8 Å². The van der Waals surface area contributed by atoms with E-state index in [2.05, 4.69) is 29.4 Å². The SMILES string of the molecule is C[Si](C)(C)CCOCn1nc(C(=O)N2CCN3CCC2CC3)c2ccc(OC3CCOCC3)cc21. The van der Waals surface area contributed by atoms with Crippen LogP contribution in [0.5, 0.6) is 5.75 Å². The Balaban J connectivity index is 1.40. The molecule has 1 amide bonds. The number of benzene rings is 1. The Bertz CT molecular complexity index is 1020. The number of amides is 1. The molecule has 0 aliphatic carbocycles. The highest BCUT2D eigenvalue weighted by Gasteiger charge is 2.34. The van der Waals surface area contributed by atoms with Crippen LogP contribution in [0.3, 0.4) is 0 Å². The molecule has 4 saturated heterocycles. The van der Waals surface area contributed by atoms with Gasteiger partial charge in [-0.3, -0.25) is 4.79 Å². The molecule has 5 heterocycles. The molecule has 35 heavy (non-hydrogen) atoms. The third kappa shape index (κ3) is 5.90. The van der Waals surface area contributed by atoms with Crippen LogP contribution in [0.2, 0.25) is 25.7 Å². The average molecular weight is 501 g/mol. The number of carbonyl (C=O) groups is 1. The van der Waals surface area contributed by atoms with Gasteiger partial charge in [0.2, 0.25) is 0 Å². The third-order valence-electron chi connectivity index (χ3n) is 7.52. The van der Waals surface area contributed by atoms with Gasteiger partial charge >= 0.3 is 0 Å². The first-order chi connectivity index (χ1) is 16.9. The minimum Gasteiger partial charge on any atom is -0.490 e. The predicted molar refractivity (Wildman–Crippen MR) is 139 cm³/mol. The van der Waals surface area contributed by atoms with Crippen molar-refractivity contribution in [2.45, 2.75) is 70.2 Å². The fraction of sp³-hybridized carbons (Fsp3) is 0.692. The van der Waals surface area contributed by atoms with E-state index in [0.29, 0.717) is 25.1 Å². The lowest BCUT2D eigenvalue weighted by atomic mass is 10.0. The summed E-state index contributed by atoms with van der Waals surface area (Å²) >= 11 is 0. The first kappa shape index (κ1) is 24.7. The van der Waals surface area contributed by atoms with Crippen molar-refractivity contribution in [2.75, 3.05) is 46.0 Å². The normalized spacial score (nSPS) is 23.6. The van der Waals surface area contributed by atoms with Gasteiger partial charge in [-0.15, -0.1) is 0 Å². The van der Waals surface area contributed by atoms with Crippen LogP contribution in [0.4, 0.5) is 0 Å². The average Bonchev–Trinajstić information content (AvgIpc) is 2.96. The van der Waals surface area contributed by atoms with Crippen LogP contribution in [0.25, 0.3) is 10.9 Å². The van der Waals surface area contributed by atoms with E-state index in [1.807, 2.05) is 22.9 Å². The van der Waals surface area contributed by atoms with E-state index >= 15 is 0 Å². The highest BCUT2D eigenvalue weighted by Crippen LogP contribution is 2.29. The Labute approximate surface area is 209 Å². The topological polar surface area (TPSA) is 69.1 Å². The summed E-state index contributed by atoms with van der Waals surface area (Å²) in [5.41, 5.74) is 1.43. The van der Waals surface area contributed by atoms with Gasteiger partial charge < -0.3 is 24.0 Å². The van der Waals surface area contributed by atoms with Crippen molar-refractivity contribution < 1.29 is 19.0 Å². The molecule has 0 saturated carbocycles. The molecule has 0 atom stereocenters. The molecule has 4 fully saturated rings. The van der Waals surface area contributed by atoms with Gasteiger partial charge in [0.1, 0.15) is 18.6 Å². The molecular formula is C26H40N4O4Si. The standard InChI is InChI=1S/C26H40N4O4Si/c1-35(2,3)17-16-33-19-30-24-18-22(34-21-8-14-32-15-9-21)4-5-23(24)25(27-30)26(31)29-13-12-28-10-6-20(29)7-11-28/h4-5,18,20-21H,6-17,19H2,1-3H3. The Kier molecular flexibility index (Phi) is 7.48. The summed E-state index contributed by atoms with van der Waals surface area (Å²) in [5, 5.41) is 5.70. The summed E-state index contributed by atoms with van der Waals surface area (Å²) in [6.07, 6.45) is 4.05.